The highest BCUT2D eigenvalue weighted by atomic mass is 79.9. The van der Waals surface area contributed by atoms with Crippen LogP contribution in [0.2, 0.25) is 0 Å². The minimum Gasteiger partial charge on any atom is -0.373 e. The Labute approximate surface area is 101 Å². The fourth-order valence-electron chi connectivity index (χ4n) is 1.32. The van der Waals surface area contributed by atoms with Crippen LogP contribution in [0.25, 0.3) is 0 Å². The van der Waals surface area contributed by atoms with Crippen LogP contribution in [0.5, 0.6) is 0 Å². The normalized spacial score (nSPS) is 10.7. The van der Waals surface area contributed by atoms with Crippen molar-refractivity contribution in [2.45, 2.75) is 5.33 Å². The number of rotatable bonds is 5. The number of likely N-dealkylation sites (N-methyl/N-ethyl adjacent to an activating group) is 2. The predicted molar refractivity (Wildman–Crippen MR) is 70.9 cm³/mol. The first kappa shape index (κ1) is 12.5. The predicted octanol–water partition coefficient (Wildman–Crippen LogP) is 2.58. The molecule has 2 nitrogen and oxygen atoms in total. The van der Waals surface area contributed by atoms with Gasteiger partial charge >= 0.3 is 0 Å². The fourth-order valence-corrected chi connectivity index (χ4v) is 1.69. The lowest BCUT2D eigenvalue weighted by Crippen LogP contribution is -2.28. The second-order valence-corrected chi connectivity index (χ2v) is 4.59. The molecule has 0 radical (unpaired) electrons. The number of halogens is 1. The van der Waals surface area contributed by atoms with Crippen LogP contribution in [0, 0.1) is 0 Å². The van der Waals surface area contributed by atoms with E-state index in [0.29, 0.717) is 0 Å². The minimum atomic E-state index is 0.925. The number of anilines is 1. The Morgan fingerprint density at radius 2 is 1.60 bits per heavy atom. The molecule has 1 aromatic carbocycles. The van der Waals surface area contributed by atoms with Crippen molar-refractivity contribution < 1.29 is 0 Å². The van der Waals surface area contributed by atoms with E-state index >= 15 is 0 Å². The smallest absolute Gasteiger partial charge is 0.0364 e. The van der Waals surface area contributed by atoms with E-state index < -0.39 is 0 Å². The van der Waals surface area contributed by atoms with Crippen molar-refractivity contribution in [3.05, 3.63) is 29.8 Å². The van der Waals surface area contributed by atoms with Gasteiger partial charge in [0, 0.05) is 31.2 Å². The van der Waals surface area contributed by atoms with Crippen molar-refractivity contribution in [2.24, 2.45) is 0 Å². The van der Waals surface area contributed by atoms with Gasteiger partial charge in [0.05, 0.1) is 0 Å². The summed E-state index contributed by atoms with van der Waals surface area (Å²) in [7, 11) is 6.33. The number of hydrogen-bond donors (Lipinski definition) is 0. The van der Waals surface area contributed by atoms with Crippen molar-refractivity contribution in [1.82, 2.24) is 4.90 Å². The van der Waals surface area contributed by atoms with Gasteiger partial charge in [0.2, 0.25) is 0 Å². The average molecular weight is 271 g/mol. The number of alkyl halides is 1. The molecule has 0 aliphatic heterocycles. The lowest BCUT2D eigenvalue weighted by atomic mass is 10.2. The molecule has 0 saturated heterocycles. The summed E-state index contributed by atoms with van der Waals surface area (Å²) in [4.78, 5) is 4.47. The Morgan fingerprint density at radius 1 is 1.00 bits per heavy atom. The molecule has 0 N–H and O–H groups in total. The van der Waals surface area contributed by atoms with Gasteiger partial charge in [0.1, 0.15) is 0 Å². The van der Waals surface area contributed by atoms with Crippen LogP contribution in [-0.4, -0.2) is 39.1 Å². The highest BCUT2D eigenvalue weighted by Gasteiger charge is 2.00. The quantitative estimate of drug-likeness (QED) is 0.759. The Balaban J connectivity index is 2.54. The van der Waals surface area contributed by atoms with Crippen LogP contribution in [0.4, 0.5) is 5.69 Å². The highest BCUT2D eigenvalue weighted by Crippen LogP contribution is 2.15. The van der Waals surface area contributed by atoms with Gasteiger partial charge in [0.25, 0.3) is 0 Å². The molecule has 0 spiro atoms. The molecule has 0 aliphatic carbocycles. The molecule has 15 heavy (non-hydrogen) atoms. The first-order valence-electron chi connectivity index (χ1n) is 5.14. The number of hydrogen-bond acceptors (Lipinski definition) is 2. The average Bonchev–Trinajstić information content (AvgIpc) is 2.26. The van der Waals surface area contributed by atoms with Crippen LogP contribution in [-0.2, 0) is 5.33 Å². The van der Waals surface area contributed by atoms with E-state index in [1.54, 1.807) is 0 Å². The van der Waals surface area contributed by atoms with Gasteiger partial charge in [-0.15, -0.1) is 0 Å². The van der Waals surface area contributed by atoms with E-state index in [2.05, 4.69) is 71.1 Å². The Bertz CT molecular complexity index is 282. The molecule has 3 heteroatoms. The molecule has 0 atom stereocenters. The fraction of sp³-hybridized carbons (Fsp3) is 0.500. The summed E-state index contributed by atoms with van der Waals surface area (Å²) in [6.45, 7) is 2.14. The molecule has 84 valence electrons. The van der Waals surface area contributed by atoms with Gasteiger partial charge in [-0.25, -0.2) is 0 Å². The Hall–Kier alpha value is -0.540. The zero-order valence-corrected chi connectivity index (χ0v) is 11.3. The molecule has 0 bridgehead atoms. The zero-order chi connectivity index (χ0) is 11.3. The summed E-state index contributed by atoms with van der Waals surface area (Å²) < 4.78 is 0. The van der Waals surface area contributed by atoms with E-state index in [1.807, 2.05) is 0 Å². The van der Waals surface area contributed by atoms with Crippen LogP contribution < -0.4 is 4.90 Å². The van der Waals surface area contributed by atoms with E-state index in [-0.39, 0.29) is 0 Å². The third-order valence-corrected chi connectivity index (χ3v) is 3.06. The first-order chi connectivity index (χ1) is 7.13. The van der Waals surface area contributed by atoms with Crippen molar-refractivity contribution >= 4 is 21.6 Å². The minimum absolute atomic E-state index is 0.925. The van der Waals surface area contributed by atoms with Crippen molar-refractivity contribution in [3.63, 3.8) is 0 Å². The van der Waals surface area contributed by atoms with Crippen molar-refractivity contribution in [2.75, 3.05) is 39.1 Å². The van der Waals surface area contributed by atoms with Crippen molar-refractivity contribution in [3.8, 4) is 0 Å². The second kappa shape index (κ2) is 6.13. The molecule has 0 saturated carbocycles. The summed E-state index contributed by atoms with van der Waals surface area (Å²) in [5.74, 6) is 0. The maximum Gasteiger partial charge on any atom is 0.0364 e. The van der Waals surface area contributed by atoms with Crippen LogP contribution in [0.1, 0.15) is 5.56 Å². The van der Waals surface area contributed by atoms with E-state index in [0.717, 1.165) is 18.4 Å². The molecule has 0 amide bonds. The second-order valence-electron chi connectivity index (χ2n) is 4.02. The molecule has 1 rings (SSSR count). The van der Waals surface area contributed by atoms with Gasteiger partial charge in [-0.05, 0) is 31.8 Å². The zero-order valence-electron chi connectivity index (χ0n) is 9.70. The Morgan fingerprint density at radius 3 is 2.07 bits per heavy atom. The maximum absolute atomic E-state index is 3.45. The van der Waals surface area contributed by atoms with Crippen LogP contribution in [0.3, 0.4) is 0 Å². The molecule has 0 fully saturated rings. The van der Waals surface area contributed by atoms with Gasteiger partial charge in [-0.2, -0.15) is 0 Å². The maximum atomic E-state index is 3.45. The third-order valence-electron chi connectivity index (χ3n) is 2.41. The highest BCUT2D eigenvalue weighted by molar-refractivity contribution is 9.08. The molecule has 0 unspecified atom stereocenters. The van der Waals surface area contributed by atoms with Gasteiger partial charge in [0.15, 0.2) is 0 Å². The van der Waals surface area contributed by atoms with Crippen LogP contribution >= 0.6 is 15.9 Å². The molecule has 0 heterocycles. The number of benzene rings is 1. The summed E-state index contributed by atoms with van der Waals surface area (Å²) in [6.07, 6.45) is 0. The third kappa shape index (κ3) is 4.22. The SMILES string of the molecule is CN(C)CCN(C)c1ccc(CBr)cc1. The van der Waals surface area contributed by atoms with Crippen molar-refractivity contribution in [1.29, 1.82) is 0 Å². The summed E-state index contributed by atoms with van der Waals surface area (Å²) in [5.41, 5.74) is 2.60. The van der Waals surface area contributed by atoms with Gasteiger partial charge in [-0.3, -0.25) is 0 Å². The first-order valence-corrected chi connectivity index (χ1v) is 6.26. The molecule has 0 aromatic heterocycles. The van der Waals surface area contributed by atoms with Gasteiger partial charge in [-0.1, -0.05) is 28.1 Å². The van der Waals surface area contributed by atoms with Gasteiger partial charge < -0.3 is 9.80 Å². The molecule has 0 aliphatic rings. The van der Waals surface area contributed by atoms with E-state index in [4.69, 9.17) is 0 Å². The molecule has 1 aromatic rings. The largest absolute Gasteiger partial charge is 0.373 e. The lowest BCUT2D eigenvalue weighted by Gasteiger charge is -2.21. The Kier molecular flexibility index (Phi) is 5.12. The van der Waals surface area contributed by atoms with E-state index in [1.165, 1.54) is 11.3 Å². The number of nitrogens with zero attached hydrogens (tertiary/aromatic N) is 2. The summed E-state index contributed by atoms with van der Waals surface area (Å²) in [6, 6.07) is 8.67. The summed E-state index contributed by atoms with van der Waals surface area (Å²) in [5, 5.41) is 0.925. The standard InChI is InChI=1S/C12H19BrN2/c1-14(2)8-9-15(3)12-6-4-11(10-13)5-7-12/h4-7H,8-10H2,1-3H3. The van der Waals surface area contributed by atoms with Crippen LogP contribution in [0.15, 0.2) is 24.3 Å². The molecular weight excluding hydrogens is 252 g/mol. The van der Waals surface area contributed by atoms with E-state index in [9.17, 15) is 0 Å². The topological polar surface area (TPSA) is 6.48 Å². The monoisotopic (exact) mass is 270 g/mol. The summed E-state index contributed by atoms with van der Waals surface area (Å²) >= 11 is 3.45. The lowest BCUT2D eigenvalue weighted by molar-refractivity contribution is 0.416. The molecular formula is C12H19BrN2.